The molecule has 96 valence electrons. The maximum atomic E-state index is 11.7. The number of hydrogen-bond acceptors (Lipinski definition) is 4. The molecule has 2 amide bonds. The summed E-state index contributed by atoms with van der Waals surface area (Å²) in [7, 11) is 0. The molecular weight excluding hydrogens is 220 g/mol. The third kappa shape index (κ3) is 3.94. The number of carbonyl (C=O) groups is 2. The molecule has 5 heteroatoms. The second-order valence-corrected chi connectivity index (χ2v) is 4.20. The fraction of sp³-hybridized carbons (Fsp3) is 0.667. The Hall–Kier alpha value is -1.20. The SMILES string of the molecule is C=C(C)COCCNC1CC(=O)N(CC)C1=O. The number of likely N-dealkylation sites (tertiary alicyclic amines) is 1. The first-order chi connectivity index (χ1) is 8.06. The fourth-order valence-electron chi connectivity index (χ4n) is 1.73. The van der Waals surface area contributed by atoms with E-state index in [2.05, 4.69) is 11.9 Å². The summed E-state index contributed by atoms with van der Waals surface area (Å²) >= 11 is 0. The smallest absolute Gasteiger partial charge is 0.246 e. The fourth-order valence-corrected chi connectivity index (χ4v) is 1.73. The van der Waals surface area contributed by atoms with Crippen molar-refractivity contribution in [2.45, 2.75) is 26.3 Å². The van der Waals surface area contributed by atoms with Crippen molar-refractivity contribution in [1.29, 1.82) is 0 Å². The summed E-state index contributed by atoms with van der Waals surface area (Å²) in [6.07, 6.45) is 0.257. The van der Waals surface area contributed by atoms with Crippen molar-refractivity contribution in [2.24, 2.45) is 0 Å². The number of hydrogen-bond donors (Lipinski definition) is 1. The van der Waals surface area contributed by atoms with Gasteiger partial charge in [0.15, 0.2) is 0 Å². The predicted molar refractivity (Wildman–Crippen MR) is 64.4 cm³/mol. The highest BCUT2D eigenvalue weighted by Gasteiger charge is 2.36. The van der Waals surface area contributed by atoms with Gasteiger partial charge in [-0.05, 0) is 13.8 Å². The molecule has 1 aliphatic rings. The predicted octanol–water partition coefficient (Wildman–Crippen LogP) is 0.316. The summed E-state index contributed by atoms with van der Waals surface area (Å²) in [5, 5.41) is 3.03. The number of nitrogens with one attached hydrogen (secondary N) is 1. The zero-order valence-corrected chi connectivity index (χ0v) is 10.5. The molecule has 0 spiro atoms. The molecule has 0 aromatic carbocycles. The standard InChI is InChI=1S/C12H20N2O3/c1-4-14-11(15)7-10(12(14)16)13-5-6-17-8-9(2)3/h10,13H,2,4-8H2,1,3H3. The lowest BCUT2D eigenvalue weighted by atomic mass is 10.2. The largest absolute Gasteiger partial charge is 0.376 e. The first-order valence-corrected chi connectivity index (χ1v) is 5.86. The monoisotopic (exact) mass is 240 g/mol. The van der Waals surface area contributed by atoms with E-state index in [1.807, 2.05) is 6.92 Å². The molecule has 5 nitrogen and oxygen atoms in total. The van der Waals surface area contributed by atoms with Crippen molar-refractivity contribution < 1.29 is 14.3 Å². The van der Waals surface area contributed by atoms with Crippen LogP contribution in [0.4, 0.5) is 0 Å². The molecule has 1 aliphatic heterocycles. The molecule has 1 rings (SSSR count). The average Bonchev–Trinajstić information content (AvgIpc) is 2.53. The lowest BCUT2D eigenvalue weighted by molar-refractivity contribution is -0.138. The summed E-state index contributed by atoms with van der Waals surface area (Å²) < 4.78 is 5.30. The van der Waals surface area contributed by atoms with E-state index in [0.29, 0.717) is 26.3 Å². The van der Waals surface area contributed by atoms with Crippen molar-refractivity contribution in [1.82, 2.24) is 10.2 Å². The molecule has 1 atom stereocenters. The first kappa shape index (κ1) is 13.9. The number of amides is 2. The summed E-state index contributed by atoms with van der Waals surface area (Å²) in [6.45, 7) is 9.47. The average molecular weight is 240 g/mol. The van der Waals surface area contributed by atoms with E-state index >= 15 is 0 Å². The first-order valence-electron chi connectivity index (χ1n) is 5.86. The van der Waals surface area contributed by atoms with Gasteiger partial charge in [-0.1, -0.05) is 12.2 Å². The van der Waals surface area contributed by atoms with Gasteiger partial charge in [-0.2, -0.15) is 0 Å². The van der Waals surface area contributed by atoms with Gasteiger partial charge in [0.1, 0.15) is 0 Å². The molecule has 1 unspecified atom stereocenters. The third-order valence-corrected chi connectivity index (χ3v) is 2.55. The van der Waals surface area contributed by atoms with Gasteiger partial charge in [0, 0.05) is 13.1 Å². The Kier molecular flexibility index (Phi) is 5.31. The lowest BCUT2D eigenvalue weighted by Gasteiger charge is -2.13. The van der Waals surface area contributed by atoms with E-state index < -0.39 is 0 Å². The van der Waals surface area contributed by atoms with Crippen LogP contribution >= 0.6 is 0 Å². The number of carbonyl (C=O) groups excluding carboxylic acids is 2. The Bertz CT molecular complexity index is 315. The molecule has 1 N–H and O–H groups in total. The highest BCUT2D eigenvalue weighted by atomic mass is 16.5. The molecule has 1 saturated heterocycles. The van der Waals surface area contributed by atoms with E-state index in [-0.39, 0.29) is 24.3 Å². The van der Waals surface area contributed by atoms with Crippen LogP contribution in [-0.4, -0.2) is 49.1 Å². The Morgan fingerprint density at radius 3 is 2.82 bits per heavy atom. The Morgan fingerprint density at radius 1 is 1.59 bits per heavy atom. The van der Waals surface area contributed by atoms with Crippen LogP contribution in [0.5, 0.6) is 0 Å². The van der Waals surface area contributed by atoms with Crippen LogP contribution in [0.3, 0.4) is 0 Å². The minimum absolute atomic E-state index is 0.0992. The van der Waals surface area contributed by atoms with Gasteiger partial charge < -0.3 is 10.1 Å². The van der Waals surface area contributed by atoms with Gasteiger partial charge in [-0.25, -0.2) is 0 Å². The highest BCUT2D eigenvalue weighted by Crippen LogP contribution is 2.11. The highest BCUT2D eigenvalue weighted by molar-refractivity contribution is 6.05. The topological polar surface area (TPSA) is 58.6 Å². The number of rotatable bonds is 7. The third-order valence-electron chi connectivity index (χ3n) is 2.55. The minimum Gasteiger partial charge on any atom is -0.376 e. The number of imide groups is 1. The van der Waals surface area contributed by atoms with Crippen LogP contribution in [-0.2, 0) is 14.3 Å². The lowest BCUT2D eigenvalue weighted by Crippen LogP contribution is -2.40. The van der Waals surface area contributed by atoms with Crippen molar-refractivity contribution in [3.63, 3.8) is 0 Å². The molecule has 0 aliphatic carbocycles. The molecule has 0 saturated carbocycles. The number of likely N-dealkylation sites (N-methyl/N-ethyl adjacent to an activating group) is 1. The van der Waals surface area contributed by atoms with Crippen molar-refractivity contribution in [3.8, 4) is 0 Å². The van der Waals surface area contributed by atoms with Crippen molar-refractivity contribution in [3.05, 3.63) is 12.2 Å². The maximum absolute atomic E-state index is 11.7. The van der Waals surface area contributed by atoms with Gasteiger partial charge in [-0.15, -0.1) is 0 Å². The quantitative estimate of drug-likeness (QED) is 0.395. The van der Waals surface area contributed by atoms with Crippen LogP contribution in [0.15, 0.2) is 12.2 Å². The van der Waals surface area contributed by atoms with Crippen LogP contribution in [0.25, 0.3) is 0 Å². The number of ether oxygens (including phenoxy) is 1. The van der Waals surface area contributed by atoms with Crippen molar-refractivity contribution >= 4 is 11.8 Å². The van der Waals surface area contributed by atoms with Gasteiger partial charge in [0.05, 0.1) is 25.7 Å². The van der Waals surface area contributed by atoms with Gasteiger partial charge in [0.2, 0.25) is 11.8 Å². The molecule has 0 aromatic heterocycles. The minimum atomic E-state index is -0.379. The molecule has 17 heavy (non-hydrogen) atoms. The molecule has 0 radical (unpaired) electrons. The molecule has 1 fully saturated rings. The van der Waals surface area contributed by atoms with Crippen LogP contribution < -0.4 is 5.32 Å². The second kappa shape index (κ2) is 6.51. The number of nitrogens with zero attached hydrogens (tertiary/aromatic N) is 1. The molecule has 0 bridgehead atoms. The second-order valence-electron chi connectivity index (χ2n) is 4.20. The van der Waals surface area contributed by atoms with Gasteiger partial charge in [-0.3, -0.25) is 14.5 Å². The summed E-state index contributed by atoms with van der Waals surface area (Å²) in [4.78, 5) is 24.4. The summed E-state index contributed by atoms with van der Waals surface area (Å²) in [5.41, 5.74) is 0.967. The molecule has 1 heterocycles. The normalized spacial score (nSPS) is 20.1. The van der Waals surface area contributed by atoms with Crippen LogP contribution in [0.1, 0.15) is 20.3 Å². The Balaban J connectivity index is 2.22. The summed E-state index contributed by atoms with van der Waals surface area (Å²) in [6, 6.07) is -0.379. The van der Waals surface area contributed by atoms with Crippen LogP contribution in [0.2, 0.25) is 0 Å². The summed E-state index contributed by atoms with van der Waals surface area (Å²) in [5.74, 6) is -0.227. The maximum Gasteiger partial charge on any atom is 0.246 e. The van der Waals surface area contributed by atoms with Crippen LogP contribution in [0, 0.1) is 0 Å². The van der Waals surface area contributed by atoms with E-state index in [0.717, 1.165) is 5.57 Å². The van der Waals surface area contributed by atoms with Crippen molar-refractivity contribution in [2.75, 3.05) is 26.3 Å². The molecular formula is C12H20N2O3. The van der Waals surface area contributed by atoms with Gasteiger partial charge in [0.25, 0.3) is 0 Å². The van der Waals surface area contributed by atoms with E-state index in [1.165, 1.54) is 4.90 Å². The van der Waals surface area contributed by atoms with E-state index in [1.54, 1.807) is 6.92 Å². The van der Waals surface area contributed by atoms with E-state index in [4.69, 9.17) is 4.74 Å². The van der Waals surface area contributed by atoms with Gasteiger partial charge >= 0.3 is 0 Å². The Labute approximate surface area is 102 Å². The molecule has 0 aromatic rings. The zero-order valence-electron chi connectivity index (χ0n) is 10.5. The zero-order chi connectivity index (χ0) is 12.8. The van der Waals surface area contributed by atoms with E-state index in [9.17, 15) is 9.59 Å². The Morgan fingerprint density at radius 2 is 2.29 bits per heavy atom.